The molecule has 20 heavy (non-hydrogen) atoms. The van der Waals surface area contributed by atoms with Gasteiger partial charge in [0.2, 0.25) is 5.91 Å². The number of hydrogen-bond donors (Lipinski definition) is 0. The lowest BCUT2D eigenvalue weighted by Gasteiger charge is -2.31. The molecule has 1 unspecified atom stereocenters. The van der Waals surface area contributed by atoms with E-state index in [1.54, 1.807) is 29.2 Å². The Morgan fingerprint density at radius 1 is 1.35 bits per heavy atom. The molecule has 4 nitrogen and oxygen atoms in total. The van der Waals surface area contributed by atoms with Gasteiger partial charge in [0, 0.05) is 31.5 Å². The largest absolute Gasteiger partial charge is 0.375 e. The number of Topliss-reactive ketones (excluding diaryl/α,β-unsaturated/α-hetero) is 1. The van der Waals surface area contributed by atoms with Gasteiger partial charge < -0.3 is 9.64 Å². The fourth-order valence-electron chi connectivity index (χ4n) is 2.25. The fraction of sp³-hybridized carbons (Fsp3) is 0.467. The third-order valence-corrected chi connectivity index (χ3v) is 3.66. The van der Waals surface area contributed by atoms with Crippen LogP contribution in [0.25, 0.3) is 0 Å². The molecule has 0 aliphatic carbocycles. The zero-order valence-corrected chi connectivity index (χ0v) is 12.2. The van der Waals surface area contributed by atoms with E-state index in [2.05, 4.69) is 0 Å². The summed E-state index contributed by atoms with van der Waals surface area (Å²) in [6.45, 7) is 3.70. The minimum atomic E-state index is -0.0924. The van der Waals surface area contributed by atoms with Gasteiger partial charge in [0.05, 0.1) is 17.7 Å². The lowest BCUT2D eigenvalue weighted by molar-refractivity contribution is -0.138. The molecule has 1 aliphatic heterocycles. The lowest BCUT2D eigenvalue weighted by atomic mass is 10.1. The Morgan fingerprint density at radius 3 is 2.80 bits per heavy atom. The van der Waals surface area contributed by atoms with Crippen LogP contribution in [0.4, 0.5) is 0 Å². The van der Waals surface area contributed by atoms with Crippen molar-refractivity contribution in [2.24, 2.45) is 0 Å². The molecule has 0 saturated carbocycles. The number of nitrogens with zero attached hydrogens (tertiary/aromatic N) is 1. The summed E-state index contributed by atoms with van der Waals surface area (Å²) in [5, 5.41) is 0.435. The molecule has 0 N–H and O–H groups in total. The number of carbonyl (C=O) groups excluding carboxylic acids is 2. The summed E-state index contributed by atoms with van der Waals surface area (Å²) in [7, 11) is 0. The second-order valence-corrected chi connectivity index (χ2v) is 5.33. The Morgan fingerprint density at radius 2 is 2.10 bits per heavy atom. The van der Waals surface area contributed by atoms with E-state index in [-0.39, 0.29) is 30.6 Å². The molecule has 1 aromatic carbocycles. The summed E-state index contributed by atoms with van der Waals surface area (Å²) in [5.41, 5.74) is 0.484. The van der Waals surface area contributed by atoms with Gasteiger partial charge in [0.25, 0.3) is 0 Å². The summed E-state index contributed by atoms with van der Waals surface area (Å²) < 4.78 is 5.39. The molecule has 1 heterocycles. The first-order chi connectivity index (χ1) is 9.58. The van der Waals surface area contributed by atoms with Crippen molar-refractivity contribution >= 4 is 23.3 Å². The first-order valence-electron chi connectivity index (χ1n) is 6.75. The number of carbonyl (C=O) groups is 2. The normalized spacial score (nSPS) is 18.9. The Kier molecular flexibility index (Phi) is 5.15. The smallest absolute Gasteiger partial charge is 0.223 e. The maximum atomic E-state index is 12.0. The maximum Gasteiger partial charge on any atom is 0.223 e. The number of amides is 1. The van der Waals surface area contributed by atoms with Crippen LogP contribution in [0.3, 0.4) is 0 Å². The maximum absolute atomic E-state index is 12.0. The molecular formula is C15H18ClNO3. The Bertz CT molecular complexity index is 504. The van der Waals surface area contributed by atoms with Crippen LogP contribution < -0.4 is 0 Å². The van der Waals surface area contributed by atoms with Gasteiger partial charge in [-0.05, 0) is 19.1 Å². The molecule has 5 heteroatoms. The van der Waals surface area contributed by atoms with Crippen LogP contribution in [0.15, 0.2) is 24.3 Å². The average molecular weight is 296 g/mol. The number of ketones is 1. The molecule has 0 spiro atoms. The van der Waals surface area contributed by atoms with Crippen LogP contribution in [-0.4, -0.2) is 42.4 Å². The number of hydrogen-bond acceptors (Lipinski definition) is 3. The van der Waals surface area contributed by atoms with Crippen LogP contribution in [-0.2, 0) is 9.53 Å². The molecule has 0 radical (unpaired) electrons. The van der Waals surface area contributed by atoms with Crippen LogP contribution >= 0.6 is 11.6 Å². The van der Waals surface area contributed by atoms with E-state index in [1.807, 2.05) is 6.92 Å². The molecule has 1 saturated heterocycles. The third-order valence-electron chi connectivity index (χ3n) is 3.33. The van der Waals surface area contributed by atoms with E-state index >= 15 is 0 Å². The predicted octanol–water partition coefficient (Wildman–Crippen LogP) is 2.55. The summed E-state index contributed by atoms with van der Waals surface area (Å²) in [6.07, 6.45) is 0.470. The zero-order chi connectivity index (χ0) is 14.5. The van der Waals surface area contributed by atoms with Gasteiger partial charge >= 0.3 is 0 Å². The van der Waals surface area contributed by atoms with Crippen molar-refractivity contribution in [1.29, 1.82) is 0 Å². The quantitative estimate of drug-likeness (QED) is 0.802. The highest BCUT2D eigenvalue weighted by Crippen LogP contribution is 2.18. The van der Waals surface area contributed by atoms with E-state index < -0.39 is 0 Å². The van der Waals surface area contributed by atoms with Crippen molar-refractivity contribution in [2.45, 2.75) is 25.9 Å². The molecule has 1 fully saturated rings. The molecule has 1 atom stereocenters. The number of halogens is 1. The first kappa shape index (κ1) is 15.0. The van der Waals surface area contributed by atoms with Gasteiger partial charge in [-0.25, -0.2) is 0 Å². The summed E-state index contributed by atoms with van der Waals surface area (Å²) in [5.74, 6) is -0.0918. The van der Waals surface area contributed by atoms with Crippen molar-refractivity contribution in [3.8, 4) is 0 Å². The van der Waals surface area contributed by atoms with Crippen molar-refractivity contribution < 1.29 is 14.3 Å². The van der Waals surface area contributed by atoms with Crippen LogP contribution in [0, 0.1) is 0 Å². The number of ether oxygens (including phenoxy) is 1. The van der Waals surface area contributed by atoms with Gasteiger partial charge in [0.15, 0.2) is 5.78 Å². The van der Waals surface area contributed by atoms with Gasteiger partial charge in [-0.15, -0.1) is 0 Å². The molecule has 108 valence electrons. The standard InChI is InChI=1S/C15H18ClNO3/c1-11-10-17(8-9-20-11)15(19)7-6-14(18)12-4-2-3-5-13(12)16/h2-5,11H,6-10H2,1H3. The Balaban J connectivity index is 1.87. The van der Waals surface area contributed by atoms with Gasteiger partial charge in [-0.3, -0.25) is 9.59 Å². The van der Waals surface area contributed by atoms with E-state index in [0.717, 1.165) is 0 Å². The van der Waals surface area contributed by atoms with Crippen molar-refractivity contribution in [3.63, 3.8) is 0 Å². The predicted molar refractivity (Wildman–Crippen MR) is 77.0 cm³/mol. The molecule has 1 amide bonds. The zero-order valence-electron chi connectivity index (χ0n) is 11.5. The third kappa shape index (κ3) is 3.81. The SMILES string of the molecule is CC1CN(C(=O)CCC(=O)c2ccccc2Cl)CCO1. The molecule has 0 aromatic heterocycles. The first-order valence-corrected chi connectivity index (χ1v) is 7.13. The van der Waals surface area contributed by atoms with Crippen molar-refractivity contribution in [3.05, 3.63) is 34.9 Å². The minimum Gasteiger partial charge on any atom is -0.375 e. The van der Waals surface area contributed by atoms with Crippen LogP contribution in [0.1, 0.15) is 30.1 Å². The summed E-state index contributed by atoms with van der Waals surface area (Å²) in [4.78, 5) is 25.8. The summed E-state index contributed by atoms with van der Waals surface area (Å²) >= 11 is 5.97. The topological polar surface area (TPSA) is 46.6 Å². The van der Waals surface area contributed by atoms with Gasteiger partial charge in [0.1, 0.15) is 0 Å². The molecule has 1 aromatic rings. The Hall–Kier alpha value is -1.39. The highest BCUT2D eigenvalue weighted by molar-refractivity contribution is 6.34. The van der Waals surface area contributed by atoms with Crippen molar-refractivity contribution in [1.82, 2.24) is 4.90 Å². The van der Waals surface area contributed by atoms with E-state index in [9.17, 15) is 9.59 Å². The van der Waals surface area contributed by atoms with Crippen molar-refractivity contribution in [2.75, 3.05) is 19.7 Å². The fourth-order valence-corrected chi connectivity index (χ4v) is 2.49. The second kappa shape index (κ2) is 6.86. The lowest BCUT2D eigenvalue weighted by Crippen LogP contribution is -2.44. The molecular weight excluding hydrogens is 278 g/mol. The molecule has 1 aliphatic rings. The Labute approximate surface area is 123 Å². The van der Waals surface area contributed by atoms with Crippen LogP contribution in [0.5, 0.6) is 0 Å². The number of benzene rings is 1. The van der Waals surface area contributed by atoms with Gasteiger partial charge in [-0.2, -0.15) is 0 Å². The summed E-state index contributed by atoms with van der Waals surface area (Å²) in [6, 6.07) is 6.91. The molecule has 2 rings (SSSR count). The molecule has 0 bridgehead atoms. The van der Waals surface area contributed by atoms with Crippen LogP contribution in [0.2, 0.25) is 5.02 Å². The second-order valence-electron chi connectivity index (χ2n) is 4.92. The highest BCUT2D eigenvalue weighted by Gasteiger charge is 2.22. The van der Waals surface area contributed by atoms with E-state index in [1.165, 1.54) is 0 Å². The number of rotatable bonds is 4. The highest BCUT2D eigenvalue weighted by atomic mass is 35.5. The monoisotopic (exact) mass is 295 g/mol. The van der Waals surface area contributed by atoms with Gasteiger partial charge in [-0.1, -0.05) is 23.7 Å². The minimum absolute atomic E-state index is 0.000513. The van der Waals surface area contributed by atoms with E-state index in [4.69, 9.17) is 16.3 Å². The number of morpholine rings is 1. The average Bonchev–Trinajstić information content (AvgIpc) is 2.45. The van der Waals surface area contributed by atoms with E-state index in [0.29, 0.717) is 30.3 Å².